The second-order valence-electron chi connectivity index (χ2n) is 2.94. The van der Waals surface area contributed by atoms with Gasteiger partial charge in [-0.15, -0.1) is 0 Å². The first-order chi connectivity index (χ1) is 7.23. The van der Waals surface area contributed by atoms with Gasteiger partial charge in [-0.05, 0) is 18.6 Å². The standard InChI is InChI=1S/C9H6ClF5O/c1-4-2-3-5(10)7(16-8(11)12)6(4)9(13,14)15/h2-3,8H,1H3. The van der Waals surface area contributed by atoms with Crippen LogP contribution in [-0.4, -0.2) is 6.61 Å². The van der Waals surface area contributed by atoms with E-state index in [4.69, 9.17) is 11.6 Å². The van der Waals surface area contributed by atoms with E-state index in [0.717, 1.165) is 19.1 Å². The van der Waals surface area contributed by atoms with Crippen LogP contribution in [0.3, 0.4) is 0 Å². The lowest BCUT2D eigenvalue weighted by Gasteiger charge is -2.16. The molecule has 0 bridgehead atoms. The molecular weight excluding hydrogens is 255 g/mol. The maximum absolute atomic E-state index is 12.6. The van der Waals surface area contributed by atoms with Gasteiger partial charge < -0.3 is 4.74 Å². The van der Waals surface area contributed by atoms with Gasteiger partial charge in [-0.3, -0.25) is 0 Å². The van der Waals surface area contributed by atoms with E-state index in [1.165, 1.54) is 0 Å². The second-order valence-corrected chi connectivity index (χ2v) is 3.35. The van der Waals surface area contributed by atoms with Crippen LogP contribution in [0.1, 0.15) is 11.1 Å². The Labute approximate surface area is 92.8 Å². The fourth-order valence-corrected chi connectivity index (χ4v) is 1.41. The van der Waals surface area contributed by atoms with Gasteiger partial charge in [0.2, 0.25) is 0 Å². The number of hydrogen-bond donors (Lipinski definition) is 0. The maximum Gasteiger partial charge on any atom is 0.420 e. The highest BCUT2D eigenvalue weighted by atomic mass is 35.5. The van der Waals surface area contributed by atoms with Crippen LogP contribution in [0.25, 0.3) is 0 Å². The Hall–Kier alpha value is -1.04. The van der Waals surface area contributed by atoms with Gasteiger partial charge in [-0.1, -0.05) is 17.7 Å². The van der Waals surface area contributed by atoms with Crippen LogP contribution in [0.15, 0.2) is 12.1 Å². The van der Waals surface area contributed by atoms with Crippen molar-refractivity contribution in [3.63, 3.8) is 0 Å². The van der Waals surface area contributed by atoms with E-state index in [9.17, 15) is 22.0 Å². The largest absolute Gasteiger partial charge is 0.433 e. The van der Waals surface area contributed by atoms with Crippen LogP contribution in [0.2, 0.25) is 5.02 Å². The molecule has 0 aliphatic carbocycles. The number of rotatable bonds is 2. The first kappa shape index (κ1) is 13.0. The molecule has 0 aliphatic heterocycles. The molecule has 0 aliphatic rings. The van der Waals surface area contributed by atoms with Gasteiger partial charge in [-0.2, -0.15) is 22.0 Å². The minimum absolute atomic E-state index is 0.229. The summed E-state index contributed by atoms with van der Waals surface area (Å²) in [5.74, 6) is -1.04. The Balaban J connectivity index is 3.37. The summed E-state index contributed by atoms with van der Waals surface area (Å²) in [7, 11) is 0. The summed E-state index contributed by atoms with van der Waals surface area (Å²) in [6.07, 6.45) is -4.79. The van der Waals surface area contributed by atoms with Crippen LogP contribution in [0.5, 0.6) is 5.75 Å². The Kier molecular flexibility index (Phi) is 3.62. The van der Waals surface area contributed by atoms with Gasteiger partial charge in [-0.25, -0.2) is 0 Å². The molecule has 0 atom stereocenters. The van der Waals surface area contributed by atoms with E-state index in [-0.39, 0.29) is 5.56 Å². The van der Waals surface area contributed by atoms with E-state index in [0.29, 0.717) is 0 Å². The average Bonchev–Trinajstić information content (AvgIpc) is 2.08. The molecule has 0 aromatic heterocycles. The molecule has 0 amide bonds. The lowest BCUT2D eigenvalue weighted by molar-refractivity contribution is -0.142. The molecule has 0 heterocycles. The van der Waals surface area contributed by atoms with Crippen molar-refractivity contribution in [2.75, 3.05) is 0 Å². The molecule has 1 rings (SSSR count). The Morgan fingerprint density at radius 3 is 2.25 bits per heavy atom. The summed E-state index contributed by atoms with van der Waals surface area (Å²) < 4.78 is 65.4. The van der Waals surface area contributed by atoms with Crippen molar-refractivity contribution in [1.82, 2.24) is 0 Å². The lowest BCUT2D eigenvalue weighted by atomic mass is 10.1. The van der Waals surface area contributed by atoms with Gasteiger partial charge in [0.25, 0.3) is 0 Å². The zero-order valence-corrected chi connectivity index (χ0v) is 8.66. The third-order valence-corrected chi connectivity index (χ3v) is 2.11. The summed E-state index contributed by atoms with van der Waals surface area (Å²) >= 11 is 5.39. The summed E-state index contributed by atoms with van der Waals surface area (Å²) in [6.45, 7) is -2.22. The van der Waals surface area contributed by atoms with E-state index >= 15 is 0 Å². The zero-order valence-electron chi connectivity index (χ0n) is 7.91. The van der Waals surface area contributed by atoms with Crippen molar-refractivity contribution in [1.29, 1.82) is 0 Å². The topological polar surface area (TPSA) is 9.23 Å². The van der Waals surface area contributed by atoms with Crippen molar-refractivity contribution < 1.29 is 26.7 Å². The smallest absolute Gasteiger partial charge is 0.420 e. The number of halogens is 6. The van der Waals surface area contributed by atoms with Crippen molar-refractivity contribution in [2.45, 2.75) is 19.7 Å². The Morgan fingerprint density at radius 2 is 1.81 bits per heavy atom. The number of aryl methyl sites for hydroxylation is 1. The summed E-state index contributed by atoms with van der Waals surface area (Å²) in [5, 5.41) is -0.502. The predicted octanol–water partition coefficient (Wildman–Crippen LogP) is 4.27. The van der Waals surface area contributed by atoms with E-state index < -0.39 is 29.1 Å². The number of benzene rings is 1. The van der Waals surface area contributed by atoms with Gasteiger partial charge >= 0.3 is 12.8 Å². The molecule has 0 fully saturated rings. The predicted molar refractivity (Wildman–Crippen MR) is 47.8 cm³/mol. The highest BCUT2D eigenvalue weighted by Gasteiger charge is 2.38. The van der Waals surface area contributed by atoms with Crippen LogP contribution in [-0.2, 0) is 6.18 Å². The molecule has 0 saturated heterocycles. The van der Waals surface area contributed by atoms with Crippen molar-refractivity contribution >= 4 is 11.6 Å². The van der Waals surface area contributed by atoms with Gasteiger partial charge in [0.05, 0.1) is 5.02 Å². The summed E-state index contributed by atoms with van der Waals surface area (Å²) in [6, 6.07) is 2.16. The quantitative estimate of drug-likeness (QED) is 0.722. The van der Waals surface area contributed by atoms with Crippen LogP contribution < -0.4 is 4.74 Å². The highest BCUT2D eigenvalue weighted by molar-refractivity contribution is 6.32. The van der Waals surface area contributed by atoms with Crippen LogP contribution >= 0.6 is 11.6 Å². The monoisotopic (exact) mass is 260 g/mol. The van der Waals surface area contributed by atoms with Crippen LogP contribution in [0.4, 0.5) is 22.0 Å². The molecule has 16 heavy (non-hydrogen) atoms. The maximum atomic E-state index is 12.6. The normalized spacial score (nSPS) is 12.0. The first-order valence-electron chi connectivity index (χ1n) is 4.04. The molecule has 0 N–H and O–H groups in total. The minimum atomic E-state index is -4.79. The van der Waals surface area contributed by atoms with Crippen molar-refractivity contribution in [2.24, 2.45) is 0 Å². The second kappa shape index (κ2) is 4.45. The summed E-state index contributed by atoms with van der Waals surface area (Å²) in [5.41, 5.74) is -1.51. The SMILES string of the molecule is Cc1ccc(Cl)c(OC(F)F)c1C(F)(F)F. The zero-order chi connectivity index (χ0) is 12.5. The molecule has 1 aromatic carbocycles. The molecule has 0 unspecified atom stereocenters. The van der Waals surface area contributed by atoms with Gasteiger partial charge in [0.1, 0.15) is 5.56 Å². The van der Waals surface area contributed by atoms with Gasteiger partial charge in [0.15, 0.2) is 5.75 Å². The molecule has 90 valence electrons. The van der Waals surface area contributed by atoms with E-state index in [1.54, 1.807) is 0 Å². The molecule has 1 nitrogen and oxygen atoms in total. The molecule has 0 radical (unpaired) electrons. The Morgan fingerprint density at radius 1 is 1.25 bits per heavy atom. The summed E-state index contributed by atoms with van der Waals surface area (Å²) in [4.78, 5) is 0. The number of hydrogen-bond acceptors (Lipinski definition) is 1. The molecular formula is C9H6ClF5O. The number of ether oxygens (including phenoxy) is 1. The lowest BCUT2D eigenvalue weighted by Crippen LogP contribution is -2.13. The first-order valence-corrected chi connectivity index (χ1v) is 4.42. The third kappa shape index (κ3) is 2.75. The van der Waals surface area contributed by atoms with Crippen molar-refractivity contribution in [3.8, 4) is 5.75 Å². The average molecular weight is 261 g/mol. The molecule has 0 saturated carbocycles. The Bertz CT molecular complexity index is 388. The third-order valence-electron chi connectivity index (χ3n) is 1.81. The van der Waals surface area contributed by atoms with Gasteiger partial charge in [0, 0.05) is 0 Å². The molecule has 1 aromatic rings. The highest BCUT2D eigenvalue weighted by Crippen LogP contribution is 2.42. The minimum Gasteiger partial charge on any atom is -0.433 e. The molecule has 7 heteroatoms. The fraction of sp³-hybridized carbons (Fsp3) is 0.333. The van der Waals surface area contributed by atoms with E-state index in [2.05, 4.69) is 4.74 Å². The van der Waals surface area contributed by atoms with Crippen LogP contribution in [0, 0.1) is 6.92 Å². The van der Waals surface area contributed by atoms with Crippen molar-refractivity contribution in [3.05, 3.63) is 28.3 Å². The fourth-order valence-electron chi connectivity index (χ4n) is 1.21. The molecule has 0 spiro atoms. The number of alkyl halides is 5. The van der Waals surface area contributed by atoms with E-state index in [1.807, 2.05) is 0 Å².